The van der Waals surface area contributed by atoms with Gasteiger partial charge in [-0.15, -0.1) is 0 Å². The summed E-state index contributed by atoms with van der Waals surface area (Å²) in [6, 6.07) is 7.29. The van der Waals surface area contributed by atoms with Crippen LogP contribution in [-0.4, -0.2) is 44.2 Å². The summed E-state index contributed by atoms with van der Waals surface area (Å²) in [5, 5.41) is 0. The summed E-state index contributed by atoms with van der Waals surface area (Å²) in [6.07, 6.45) is 0.308. The number of carbonyl (C=O) groups excluding carboxylic acids is 2. The van der Waals surface area contributed by atoms with Crippen LogP contribution >= 0.6 is 0 Å². The molecule has 2 heterocycles. The minimum absolute atomic E-state index is 0.0718. The molecule has 2 fully saturated rings. The summed E-state index contributed by atoms with van der Waals surface area (Å²) in [5.74, 6) is -0.165. The lowest BCUT2D eigenvalue weighted by atomic mass is 10.2. The van der Waals surface area contributed by atoms with Gasteiger partial charge in [-0.25, -0.2) is 4.90 Å². The summed E-state index contributed by atoms with van der Waals surface area (Å²) in [6.45, 7) is 4.88. The number of benzene rings is 1. The van der Waals surface area contributed by atoms with Gasteiger partial charge in [-0.3, -0.25) is 9.59 Å². The molecule has 0 aromatic heterocycles. The van der Waals surface area contributed by atoms with Crippen LogP contribution in [0, 0.1) is 6.92 Å². The summed E-state index contributed by atoms with van der Waals surface area (Å²) < 4.78 is 5.32. The van der Waals surface area contributed by atoms with E-state index in [1.807, 2.05) is 31.2 Å². The van der Waals surface area contributed by atoms with Crippen molar-refractivity contribution in [2.75, 3.05) is 31.2 Å². The third-order valence-electron chi connectivity index (χ3n) is 4.03. The molecule has 3 rings (SSSR count). The monoisotopic (exact) mass is 275 g/mol. The molecule has 5 heteroatoms. The fraction of sp³-hybridized carbons (Fsp3) is 0.467. The van der Waals surface area contributed by atoms with Crippen molar-refractivity contribution in [3.8, 4) is 0 Å². The largest absolute Gasteiger partial charge is 0.370 e. The number of hydrogen-bond acceptors (Lipinski definition) is 3. The molecule has 1 aromatic carbocycles. The first kappa shape index (κ1) is 13.3. The van der Waals surface area contributed by atoms with Crippen LogP contribution in [0.5, 0.6) is 0 Å². The zero-order valence-corrected chi connectivity index (χ0v) is 11.6. The van der Waals surface area contributed by atoms with Gasteiger partial charge in [-0.2, -0.15) is 0 Å². The number of aryl methyl sites for hydroxylation is 1. The average molecular weight is 275 g/mol. The molecular formula is C15H19N2O3+. The van der Waals surface area contributed by atoms with E-state index in [9.17, 15) is 9.59 Å². The first-order valence-corrected chi connectivity index (χ1v) is 7.02. The normalized spacial score (nSPS) is 24.4. The van der Waals surface area contributed by atoms with E-state index in [0.29, 0.717) is 25.3 Å². The molecule has 2 aliphatic rings. The van der Waals surface area contributed by atoms with Crippen LogP contribution in [0.3, 0.4) is 0 Å². The van der Waals surface area contributed by atoms with Crippen LogP contribution in [0.2, 0.25) is 0 Å². The molecule has 106 valence electrons. The van der Waals surface area contributed by atoms with E-state index >= 15 is 0 Å². The zero-order valence-electron chi connectivity index (χ0n) is 11.6. The standard InChI is InChI=1S/C15H18N2O3/c1-11-3-2-4-12(9-11)17-14(18)10-13(15(17)19)16-5-7-20-8-6-16/h2-4,9,13H,5-8,10H2,1H3/p+1/t13-/m1/s1. The Hall–Kier alpha value is -1.72. The Bertz CT molecular complexity index is 538. The van der Waals surface area contributed by atoms with E-state index in [0.717, 1.165) is 18.7 Å². The first-order chi connectivity index (χ1) is 9.66. The van der Waals surface area contributed by atoms with Gasteiger partial charge in [0.15, 0.2) is 6.04 Å². The molecule has 0 radical (unpaired) electrons. The van der Waals surface area contributed by atoms with E-state index in [-0.39, 0.29) is 17.9 Å². The third-order valence-corrected chi connectivity index (χ3v) is 4.03. The van der Waals surface area contributed by atoms with Crippen molar-refractivity contribution in [3.05, 3.63) is 29.8 Å². The number of morpholine rings is 1. The van der Waals surface area contributed by atoms with Crippen LogP contribution in [-0.2, 0) is 14.3 Å². The van der Waals surface area contributed by atoms with Gasteiger partial charge in [0.1, 0.15) is 13.1 Å². The fourth-order valence-corrected chi connectivity index (χ4v) is 2.97. The lowest BCUT2D eigenvalue weighted by molar-refractivity contribution is -0.922. The number of amides is 2. The lowest BCUT2D eigenvalue weighted by Gasteiger charge is -2.27. The van der Waals surface area contributed by atoms with E-state index in [1.54, 1.807) is 0 Å². The molecule has 0 bridgehead atoms. The Balaban J connectivity index is 1.83. The quantitative estimate of drug-likeness (QED) is 0.743. The highest BCUT2D eigenvalue weighted by Gasteiger charge is 2.45. The summed E-state index contributed by atoms with van der Waals surface area (Å²) >= 11 is 0. The second-order valence-electron chi connectivity index (χ2n) is 5.43. The Morgan fingerprint density at radius 1 is 1.25 bits per heavy atom. The van der Waals surface area contributed by atoms with Crippen molar-refractivity contribution in [2.24, 2.45) is 0 Å². The molecule has 1 N–H and O–H groups in total. The Kier molecular flexibility index (Phi) is 3.54. The van der Waals surface area contributed by atoms with Crippen LogP contribution in [0.1, 0.15) is 12.0 Å². The number of quaternary nitrogens is 1. The van der Waals surface area contributed by atoms with Gasteiger partial charge in [0.2, 0.25) is 5.91 Å². The SMILES string of the molecule is Cc1cccc(N2C(=O)C[C@@H]([NH+]3CCOCC3)C2=O)c1. The van der Waals surface area contributed by atoms with Crippen molar-refractivity contribution in [2.45, 2.75) is 19.4 Å². The minimum atomic E-state index is -0.244. The highest BCUT2D eigenvalue weighted by Crippen LogP contribution is 2.22. The maximum atomic E-state index is 12.6. The van der Waals surface area contributed by atoms with E-state index in [2.05, 4.69) is 0 Å². The molecule has 0 unspecified atom stereocenters. The molecule has 0 aliphatic carbocycles. The predicted molar refractivity (Wildman–Crippen MR) is 73.6 cm³/mol. The smallest absolute Gasteiger partial charge is 0.292 e. The van der Waals surface area contributed by atoms with Gasteiger partial charge >= 0.3 is 0 Å². The average Bonchev–Trinajstić information content (AvgIpc) is 2.75. The summed E-state index contributed by atoms with van der Waals surface area (Å²) in [7, 11) is 0. The van der Waals surface area contributed by atoms with Crippen molar-refractivity contribution in [1.29, 1.82) is 0 Å². The molecule has 1 aromatic rings. The van der Waals surface area contributed by atoms with Crippen molar-refractivity contribution in [1.82, 2.24) is 0 Å². The van der Waals surface area contributed by atoms with Crippen LogP contribution < -0.4 is 9.80 Å². The van der Waals surface area contributed by atoms with Gasteiger partial charge in [-0.1, -0.05) is 12.1 Å². The molecular weight excluding hydrogens is 256 g/mol. The highest BCUT2D eigenvalue weighted by atomic mass is 16.5. The molecule has 1 atom stereocenters. The zero-order chi connectivity index (χ0) is 14.1. The number of imide groups is 1. The van der Waals surface area contributed by atoms with Gasteiger partial charge in [0, 0.05) is 0 Å². The van der Waals surface area contributed by atoms with Crippen LogP contribution in [0.4, 0.5) is 5.69 Å². The molecule has 20 heavy (non-hydrogen) atoms. The maximum Gasteiger partial charge on any atom is 0.292 e. The third kappa shape index (κ3) is 2.34. The van der Waals surface area contributed by atoms with Gasteiger partial charge < -0.3 is 9.64 Å². The Morgan fingerprint density at radius 2 is 2.00 bits per heavy atom. The lowest BCUT2D eigenvalue weighted by Crippen LogP contribution is -3.18. The summed E-state index contributed by atoms with van der Waals surface area (Å²) in [5.41, 5.74) is 1.74. The molecule has 5 nitrogen and oxygen atoms in total. The number of rotatable bonds is 2. The number of ether oxygens (including phenoxy) is 1. The molecule has 2 amide bonds. The Morgan fingerprint density at radius 3 is 2.70 bits per heavy atom. The van der Waals surface area contributed by atoms with E-state index < -0.39 is 0 Å². The van der Waals surface area contributed by atoms with Gasteiger partial charge in [-0.05, 0) is 24.6 Å². The molecule has 0 saturated carbocycles. The van der Waals surface area contributed by atoms with Crippen molar-refractivity contribution in [3.63, 3.8) is 0 Å². The van der Waals surface area contributed by atoms with E-state index in [1.165, 1.54) is 9.80 Å². The molecule has 2 aliphatic heterocycles. The number of nitrogens with one attached hydrogen (secondary N) is 1. The van der Waals surface area contributed by atoms with Gasteiger partial charge in [0.05, 0.1) is 25.3 Å². The number of carbonyl (C=O) groups is 2. The van der Waals surface area contributed by atoms with Gasteiger partial charge in [0.25, 0.3) is 5.91 Å². The van der Waals surface area contributed by atoms with Crippen molar-refractivity contribution < 1.29 is 19.2 Å². The second-order valence-corrected chi connectivity index (χ2v) is 5.43. The predicted octanol–water partition coefficient (Wildman–Crippen LogP) is -0.458. The molecule has 2 saturated heterocycles. The maximum absolute atomic E-state index is 12.6. The number of hydrogen-bond donors (Lipinski definition) is 1. The first-order valence-electron chi connectivity index (χ1n) is 7.02. The van der Waals surface area contributed by atoms with Crippen molar-refractivity contribution >= 4 is 17.5 Å². The van der Waals surface area contributed by atoms with Crippen LogP contribution in [0.15, 0.2) is 24.3 Å². The topological polar surface area (TPSA) is 51.1 Å². The molecule has 0 spiro atoms. The highest BCUT2D eigenvalue weighted by molar-refractivity contribution is 6.21. The minimum Gasteiger partial charge on any atom is -0.370 e. The van der Waals surface area contributed by atoms with E-state index in [4.69, 9.17) is 4.74 Å². The van der Waals surface area contributed by atoms with Crippen LogP contribution in [0.25, 0.3) is 0 Å². The second kappa shape index (κ2) is 5.34. The fourth-order valence-electron chi connectivity index (χ4n) is 2.97. The Labute approximate surface area is 118 Å². The number of anilines is 1. The summed E-state index contributed by atoms with van der Waals surface area (Å²) in [4.78, 5) is 27.3. The number of nitrogens with zero attached hydrogens (tertiary/aromatic N) is 1.